The van der Waals surface area contributed by atoms with Crippen LogP contribution in [0, 0.1) is 0 Å². The van der Waals surface area contributed by atoms with Crippen LogP contribution in [0.1, 0.15) is 10.6 Å². The fraction of sp³-hybridized carbons (Fsp3) is 0.333. The van der Waals surface area contributed by atoms with Gasteiger partial charge in [-0.1, -0.05) is 0 Å². The minimum Gasteiger partial charge on any atom is -0.480 e. The number of furan rings is 1. The maximum Gasteiger partial charge on any atom is 0.328 e. The van der Waals surface area contributed by atoms with Crippen LogP contribution in [-0.4, -0.2) is 36.7 Å². The molecule has 0 radical (unpaired) electrons. The van der Waals surface area contributed by atoms with Gasteiger partial charge in [0, 0.05) is 7.11 Å². The van der Waals surface area contributed by atoms with Crippen molar-refractivity contribution in [2.75, 3.05) is 13.7 Å². The number of aliphatic carboxylic acids is 1. The summed E-state index contributed by atoms with van der Waals surface area (Å²) in [6.07, 6.45) is 0. The van der Waals surface area contributed by atoms with Crippen molar-refractivity contribution in [2.45, 2.75) is 6.04 Å². The second-order valence-corrected chi connectivity index (χ2v) is 3.30. The van der Waals surface area contributed by atoms with Crippen molar-refractivity contribution >= 4 is 23.5 Å². The van der Waals surface area contributed by atoms with Gasteiger partial charge in [-0.15, -0.1) is 0 Å². The van der Waals surface area contributed by atoms with Crippen molar-refractivity contribution in [1.82, 2.24) is 5.32 Å². The Balaban J connectivity index is 2.65. The van der Waals surface area contributed by atoms with E-state index < -0.39 is 17.9 Å². The number of rotatable bonds is 5. The molecule has 16 heavy (non-hydrogen) atoms. The number of halogens is 1. The van der Waals surface area contributed by atoms with Crippen LogP contribution in [-0.2, 0) is 9.53 Å². The van der Waals surface area contributed by atoms with Crippen molar-refractivity contribution < 1.29 is 23.8 Å². The molecule has 1 amide bonds. The monoisotopic (exact) mass is 247 g/mol. The van der Waals surface area contributed by atoms with Crippen LogP contribution in [0.2, 0.25) is 5.22 Å². The molecule has 1 unspecified atom stereocenters. The highest BCUT2D eigenvalue weighted by Gasteiger charge is 2.21. The summed E-state index contributed by atoms with van der Waals surface area (Å²) >= 11 is 5.48. The second kappa shape index (κ2) is 5.53. The number of carbonyl (C=O) groups is 2. The molecule has 2 N–H and O–H groups in total. The van der Waals surface area contributed by atoms with Gasteiger partial charge in [0.2, 0.25) is 0 Å². The summed E-state index contributed by atoms with van der Waals surface area (Å²) in [6, 6.07) is 1.62. The molecule has 0 fully saturated rings. The molecule has 0 aliphatic rings. The molecular formula is C9H10ClNO5. The normalized spacial score (nSPS) is 12.1. The van der Waals surface area contributed by atoms with E-state index in [1.165, 1.54) is 19.2 Å². The zero-order valence-corrected chi connectivity index (χ0v) is 9.15. The fourth-order valence-corrected chi connectivity index (χ4v) is 1.15. The van der Waals surface area contributed by atoms with Crippen LogP contribution in [0.15, 0.2) is 16.5 Å². The molecule has 1 aromatic rings. The molecule has 1 atom stereocenters. The van der Waals surface area contributed by atoms with E-state index in [9.17, 15) is 9.59 Å². The second-order valence-electron chi connectivity index (χ2n) is 2.92. The minimum atomic E-state index is -1.19. The number of carbonyl (C=O) groups excluding carboxylic acids is 1. The van der Waals surface area contributed by atoms with Crippen molar-refractivity contribution in [3.63, 3.8) is 0 Å². The summed E-state index contributed by atoms with van der Waals surface area (Å²) < 4.78 is 9.48. The van der Waals surface area contributed by atoms with Crippen LogP contribution >= 0.6 is 11.6 Å². The van der Waals surface area contributed by atoms with Gasteiger partial charge in [0.05, 0.1) is 6.61 Å². The van der Waals surface area contributed by atoms with E-state index in [1.54, 1.807) is 0 Å². The third kappa shape index (κ3) is 3.25. The van der Waals surface area contributed by atoms with Crippen LogP contribution in [0.25, 0.3) is 0 Å². The Bertz CT molecular complexity index is 389. The summed E-state index contributed by atoms with van der Waals surface area (Å²) in [4.78, 5) is 22.2. The van der Waals surface area contributed by atoms with Gasteiger partial charge in [-0.3, -0.25) is 4.79 Å². The SMILES string of the molecule is COCC(NC(=O)c1ccc(Cl)o1)C(=O)O. The van der Waals surface area contributed by atoms with Crippen molar-refractivity contribution in [3.8, 4) is 0 Å². The molecular weight excluding hydrogens is 238 g/mol. The zero-order chi connectivity index (χ0) is 12.1. The van der Waals surface area contributed by atoms with E-state index in [2.05, 4.69) is 10.1 Å². The quantitative estimate of drug-likeness (QED) is 0.802. The van der Waals surface area contributed by atoms with Gasteiger partial charge in [0.1, 0.15) is 0 Å². The van der Waals surface area contributed by atoms with Crippen molar-refractivity contribution in [2.24, 2.45) is 0 Å². The lowest BCUT2D eigenvalue weighted by Gasteiger charge is -2.11. The Hall–Kier alpha value is -1.53. The average Bonchev–Trinajstić information content (AvgIpc) is 2.64. The van der Waals surface area contributed by atoms with E-state index in [0.29, 0.717) is 0 Å². The van der Waals surface area contributed by atoms with Crippen LogP contribution < -0.4 is 5.32 Å². The predicted octanol–water partition coefficient (Wildman–Crippen LogP) is 0.762. The lowest BCUT2D eigenvalue weighted by Crippen LogP contribution is -2.43. The summed E-state index contributed by atoms with van der Waals surface area (Å²) in [5.74, 6) is -1.89. The summed E-state index contributed by atoms with van der Waals surface area (Å²) in [7, 11) is 1.34. The molecule has 7 heteroatoms. The number of ether oxygens (including phenoxy) is 1. The van der Waals surface area contributed by atoms with Gasteiger partial charge >= 0.3 is 5.97 Å². The minimum absolute atomic E-state index is 0.0487. The van der Waals surface area contributed by atoms with Crippen LogP contribution in [0.4, 0.5) is 0 Å². The van der Waals surface area contributed by atoms with Crippen molar-refractivity contribution in [1.29, 1.82) is 0 Å². The highest BCUT2D eigenvalue weighted by molar-refractivity contribution is 6.29. The van der Waals surface area contributed by atoms with E-state index >= 15 is 0 Å². The summed E-state index contributed by atoms with van der Waals surface area (Å²) in [5.41, 5.74) is 0. The van der Waals surface area contributed by atoms with E-state index in [1.807, 2.05) is 0 Å². The molecule has 0 saturated heterocycles. The molecule has 0 aliphatic heterocycles. The first-order chi connectivity index (χ1) is 7.54. The maximum atomic E-state index is 11.5. The molecule has 6 nitrogen and oxygen atoms in total. The number of hydrogen-bond donors (Lipinski definition) is 2. The first-order valence-corrected chi connectivity index (χ1v) is 4.70. The smallest absolute Gasteiger partial charge is 0.328 e. The number of carboxylic acids is 1. The van der Waals surface area contributed by atoms with E-state index in [-0.39, 0.29) is 17.6 Å². The topological polar surface area (TPSA) is 88.8 Å². The number of amides is 1. The molecule has 0 aliphatic carbocycles. The third-order valence-electron chi connectivity index (χ3n) is 1.73. The fourth-order valence-electron chi connectivity index (χ4n) is 1.01. The van der Waals surface area contributed by atoms with Crippen LogP contribution in [0.3, 0.4) is 0 Å². The number of hydrogen-bond acceptors (Lipinski definition) is 4. The Labute approximate surface area is 96.1 Å². The lowest BCUT2D eigenvalue weighted by atomic mass is 10.3. The molecule has 1 heterocycles. The number of nitrogens with one attached hydrogen (secondary N) is 1. The highest BCUT2D eigenvalue weighted by Crippen LogP contribution is 2.12. The standard InChI is InChI=1S/C9H10ClNO5/c1-15-4-5(9(13)14)11-8(12)6-2-3-7(10)16-6/h2-3,5H,4H2,1H3,(H,11,12)(H,13,14). The Morgan fingerprint density at radius 1 is 1.62 bits per heavy atom. The van der Waals surface area contributed by atoms with Crippen molar-refractivity contribution in [3.05, 3.63) is 23.1 Å². The summed E-state index contributed by atoms with van der Waals surface area (Å²) in [5, 5.41) is 11.0. The van der Waals surface area contributed by atoms with Gasteiger partial charge in [-0.05, 0) is 23.7 Å². The number of carboxylic acid groups (broad SMARTS) is 1. The van der Waals surface area contributed by atoms with Crippen LogP contribution in [0.5, 0.6) is 0 Å². The molecule has 1 aromatic heterocycles. The largest absolute Gasteiger partial charge is 0.480 e. The molecule has 0 bridgehead atoms. The van der Waals surface area contributed by atoms with E-state index in [0.717, 1.165) is 0 Å². The Morgan fingerprint density at radius 2 is 2.31 bits per heavy atom. The van der Waals surface area contributed by atoms with Gasteiger partial charge in [0.25, 0.3) is 5.91 Å². The first kappa shape index (κ1) is 12.5. The zero-order valence-electron chi connectivity index (χ0n) is 8.40. The Morgan fingerprint density at radius 3 is 2.75 bits per heavy atom. The molecule has 88 valence electrons. The highest BCUT2D eigenvalue weighted by atomic mass is 35.5. The summed E-state index contributed by atoms with van der Waals surface area (Å²) in [6.45, 7) is -0.129. The first-order valence-electron chi connectivity index (χ1n) is 4.32. The predicted molar refractivity (Wildman–Crippen MR) is 54.5 cm³/mol. The average molecular weight is 248 g/mol. The molecule has 1 rings (SSSR count). The number of methoxy groups -OCH3 is 1. The van der Waals surface area contributed by atoms with Gasteiger partial charge in [0.15, 0.2) is 17.0 Å². The molecule has 0 spiro atoms. The molecule has 0 saturated carbocycles. The Kier molecular flexibility index (Phi) is 4.33. The maximum absolute atomic E-state index is 11.5. The van der Waals surface area contributed by atoms with Gasteiger partial charge < -0.3 is 19.6 Å². The third-order valence-corrected chi connectivity index (χ3v) is 1.94. The molecule has 0 aromatic carbocycles. The van der Waals surface area contributed by atoms with Gasteiger partial charge in [-0.2, -0.15) is 0 Å². The lowest BCUT2D eigenvalue weighted by molar-refractivity contribution is -0.140. The van der Waals surface area contributed by atoms with Gasteiger partial charge in [-0.25, -0.2) is 4.79 Å². The van der Waals surface area contributed by atoms with E-state index in [4.69, 9.17) is 21.1 Å².